The van der Waals surface area contributed by atoms with Gasteiger partial charge in [0.2, 0.25) is 0 Å². The number of aromatic amines is 2. The quantitative estimate of drug-likeness (QED) is 0.119. The maximum atomic E-state index is 12.4. The first-order valence-corrected chi connectivity index (χ1v) is 20.1. The summed E-state index contributed by atoms with van der Waals surface area (Å²) in [4.78, 5) is 66.4. The summed E-state index contributed by atoms with van der Waals surface area (Å²) >= 11 is 0. The molecule has 3 aromatic heterocycles. The van der Waals surface area contributed by atoms with Crippen LogP contribution in [0.3, 0.4) is 0 Å². The lowest BCUT2D eigenvalue weighted by atomic mass is 9.91. The van der Waals surface area contributed by atoms with Crippen molar-refractivity contribution >= 4 is 68.2 Å². The van der Waals surface area contributed by atoms with Crippen LogP contribution in [0.2, 0.25) is 0 Å². The fourth-order valence-electron chi connectivity index (χ4n) is 8.60. The van der Waals surface area contributed by atoms with E-state index >= 15 is 0 Å². The van der Waals surface area contributed by atoms with E-state index < -0.39 is 0 Å². The molecule has 4 unspecified atom stereocenters. The highest BCUT2D eigenvalue weighted by molar-refractivity contribution is 5.96. The summed E-state index contributed by atoms with van der Waals surface area (Å²) in [6, 6.07) is 8.21. The SMILES string of the molecule is COC(=O)CCC1=C(C)c2cc3[nH]c(cc4[nH]c(cc5nc(cc1n2)C(CCC(=O)OC)=C5C)c(C(C)CC(C)OC(C)=O)c4C)c(C(C)CC(C)OC(C)=O)c3C. The number of nitrogens with one attached hydrogen (secondary N) is 2. The van der Waals surface area contributed by atoms with Crippen molar-refractivity contribution in [3.05, 3.63) is 69.3 Å². The number of esters is 4. The average molecular weight is 795 g/mol. The fourth-order valence-corrected chi connectivity index (χ4v) is 8.60. The number of carbonyl (C=O) groups excluding carboxylic acids is 4. The number of fused-ring (bicyclic) bond motifs is 8. The molecular weight excluding hydrogens is 737 g/mol. The van der Waals surface area contributed by atoms with E-state index in [9.17, 15) is 19.2 Å². The van der Waals surface area contributed by atoms with Gasteiger partial charge in [0.1, 0.15) is 0 Å². The molecule has 58 heavy (non-hydrogen) atoms. The van der Waals surface area contributed by atoms with Crippen LogP contribution in [-0.4, -0.2) is 70.2 Å². The normalized spacial score (nSPS) is 14.8. The number of aryl methyl sites for hydroxylation is 2. The van der Waals surface area contributed by atoms with Gasteiger partial charge in [-0.25, -0.2) is 9.97 Å². The monoisotopic (exact) mass is 794 g/mol. The number of nitrogens with zero attached hydrogens (tertiary/aromatic N) is 2. The molecule has 12 heteroatoms. The van der Waals surface area contributed by atoms with Gasteiger partial charge in [0, 0.05) is 48.8 Å². The van der Waals surface area contributed by atoms with E-state index in [2.05, 4.69) is 55.9 Å². The van der Waals surface area contributed by atoms with Gasteiger partial charge in [-0.2, -0.15) is 0 Å². The number of ether oxygens (including phenoxy) is 4. The second-order valence-corrected chi connectivity index (χ2v) is 15.8. The first kappa shape index (κ1) is 43.6. The van der Waals surface area contributed by atoms with Crippen LogP contribution < -0.4 is 0 Å². The topological polar surface area (TPSA) is 163 Å². The molecular formula is C46H58N4O8. The van der Waals surface area contributed by atoms with Crippen molar-refractivity contribution in [1.29, 1.82) is 0 Å². The van der Waals surface area contributed by atoms with E-state index in [0.717, 1.165) is 78.0 Å². The van der Waals surface area contributed by atoms with Gasteiger partial charge in [-0.05, 0) is 148 Å². The number of hydrogen-bond donors (Lipinski definition) is 2. The second-order valence-electron chi connectivity index (χ2n) is 15.8. The molecule has 2 N–H and O–H groups in total. The number of methoxy groups -OCH3 is 2. The zero-order chi connectivity index (χ0) is 42.6. The minimum absolute atomic E-state index is 0.00889. The van der Waals surface area contributed by atoms with E-state index in [1.807, 2.05) is 33.8 Å². The predicted octanol–water partition coefficient (Wildman–Crippen LogP) is 9.59. The first-order valence-electron chi connectivity index (χ1n) is 20.1. The van der Waals surface area contributed by atoms with Crippen LogP contribution in [0.25, 0.3) is 44.4 Å². The Kier molecular flexibility index (Phi) is 13.8. The molecule has 0 aliphatic carbocycles. The fraction of sp³-hybridized carbons (Fsp3) is 0.478. The van der Waals surface area contributed by atoms with E-state index in [0.29, 0.717) is 37.1 Å². The van der Waals surface area contributed by atoms with E-state index in [4.69, 9.17) is 28.9 Å². The second kappa shape index (κ2) is 18.4. The summed E-state index contributed by atoms with van der Waals surface area (Å²) in [7, 11) is 2.77. The smallest absolute Gasteiger partial charge is 0.305 e. The van der Waals surface area contributed by atoms with Crippen molar-refractivity contribution in [2.24, 2.45) is 0 Å². The molecule has 0 fully saturated rings. The van der Waals surface area contributed by atoms with Crippen LogP contribution in [0.4, 0.5) is 0 Å². The van der Waals surface area contributed by atoms with Crippen LogP contribution in [-0.2, 0) is 38.1 Å². The lowest BCUT2D eigenvalue weighted by Gasteiger charge is -2.18. The number of allylic oxidation sites excluding steroid dienone is 4. The largest absolute Gasteiger partial charge is 0.469 e. The highest BCUT2D eigenvalue weighted by atomic mass is 16.5. The van der Waals surface area contributed by atoms with Crippen LogP contribution in [0.5, 0.6) is 0 Å². The van der Waals surface area contributed by atoms with Gasteiger partial charge >= 0.3 is 23.9 Å². The molecule has 0 radical (unpaired) electrons. The molecule has 0 aromatic carbocycles. The molecule has 2 aliphatic heterocycles. The van der Waals surface area contributed by atoms with Crippen LogP contribution in [0.1, 0.15) is 151 Å². The summed E-state index contributed by atoms with van der Waals surface area (Å²) < 4.78 is 21.2. The van der Waals surface area contributed by atoms with Crippen LogP contribution in [0.15, 0.2) is 24.3 Å². The number of aromatic nitrogens is 4. The van der Waals surface area contributed by atoms with Crippen molar-refractivity contribution in [1.82, 2.24) is 19.9 Å². The van der Waals surface area contributed by atoms with Crippen molar-refractivity contribution in [2.75, 3.05) is 14.2 Å². The van der Waals surface area contributed by atoms with Crippen molar-refractivity contribution in [2.45, 2.75) is 132 Å². The van der Waals surface area contributed by atoms with Crippen LogP contribution in [0, 0.1) is 13.8 Å². The number of hydrogen-bond acceptors (Lipinski definition) is 10. The highest BCUT2D eigenvalue weighted by Crippen LogP contribution is 2.40. The molecule has 0 saturated carbocycles. The van der Waals surface area contributed by atoms with Crippen LogP contribution >= 0.6 is 0 Å². The highest BCUT2D eigenvalue weighted by Gasteiger charge is 2.25. The Morgan fingerprint density at radius 1 is 0.569 bits per heavy atom. The third-order valence-corrected chi connectivity index (χ3v) is 11.3. The predicted molar refractivity (Wildman–Crippen MR) is 226 cm³/mol. The Balaban J connectivity index is 1.89. The zero-order valence-electron chi connectivity index (χ0n) is 36.0. The molecule has 12 nitrogen and oxygen atoms in total. The molecule has 2 aliphatic rings. The number of rotatable bonds is 14. The molecule has 310 valence electrons. The summed E-state index contributed by atoms with van der Waals surface area (Å²) in [5.41, 5.74) is 14.4. The molecule has 8 bridgehead atoms. The lowest BCUT2D eigenvalue weighted by molar-refractivity contribution is -0.146. The maximum absolute atomic E-state index is 12.4. The summed E-state index contributed by atoms with van der Waals surface area (Å²) in [6.07, 6.45) is 1.81. The Morgan fingerprint density at radius 2 is 0.948 bits per heavy atom. The molecule has 0 spiro atoms. The molecule has 5 rings (SSSR count). The Morgan fingerprint density at radius 3 is 1.34 bits per heavy atom. The number of carbonyl (C=O) groups is 4. The van der Waals surface area contributed by atoms with Gasteiger partial charge in [0.05, 0.1) is 49.2 Å². The lowest BCUT2D eigenvalue weighted by Crippen LogP contribution is -2.15. The third kappa shape index (κ3) is 9.77. The van der Waals surface area contributed by atoms with E-state index in [-0.39, 0.29) is 60.8 Å². The van der Waals surface area contributed by atoms with Gasteiger partial charge in [-0.1, -0.05) is 13.8 Å². The van der Waals surface area contributed by atoms with E-state index in [1.165, 1.54) is 28.1 Å². The van der Waals surface area contributed by atoms with Gasteiger partial charge in [0.15, 0.2) is 0 Å². The summed E-state index contributed by atoms with van der Waals surface area (Å²) in [5.74, 6) is -1.27. The summed E-state index contributed by atoms with van der Waals surface area (Å²) in [6.45, 7) is 19.2. The molecule has 0 amide bonds. The molecule has 4 atom stereocenters. The van der Waals surface area contributed by atoms with Gasteiger partial charge in [-0.15, -0.1) is 0 Å². The van der Waals surface area contributed by atoms with Gasteiger partial charge in [0.25, 0.3) is 0 Å². The van der Waals surface area contributed by atoms with E-state index in [1.54, 1.807) is 0 Å². The third-order valence-electron chi connectivity index (χ3n) is 11.3. The maximum Gasteiger partial charge on any atom is 0.305 e. The molecule has 5 heterocycles. The van der Waals surface area contributed by atoms with Crippen molar-refractivity contribution in [3.63, 3.8) is 0 Å². The first-order chi connectivity index (χ1) is 27.4. The standard InChI is InChI=1S/C46H58N4O8/c1-23(17-25(3)57-31(9)51)45-29(7)37-19-35-27(5)33(13-15-43(53)55-11)39(47-35)22-40-34(14-16-44(54)56-12)28(6)36(48-40)20-41-46(24(2)18-26(4)58-32(10)52)30(8)38(50-41)21-42(45)49-37/h19-26,49-50H,13-18H2,1-12H3. The summed E-state index contributed by atoms with van der Waals surface area (Å²) in [5, 5.41) is 0. The Hall–Kier alpha value is -5.52. The van der Waals surface area contributed by atoms with Crippen molar-refractivity contribution in [3.8, 4) is 0 Å². The average Bonchev–Trinajstić information content (AvgIpc) is 3.81. The number of H-pyrrole nitrogens is 2. The minimum atomic E-state index is -0.321. The van der Waals surface area contributed by atoms with Gasteiger partial charge in [-0.3, -0.25) is 19.2 Å². The molecule has 3 aromatic rings. The zero-order valence-corrected chi connectivity index (χ0v) is 36.0. The van der Waals surface area contributed by atoms with Crippen molar-refractivity contribution < 1.29 is 38.1 Å². The molecule has 0 saturated heterocycles. The minimum Gasteiger partial charge on any atom is -0.469 e. The Bertz CT molecular complexity index is 2350. The Labute approximate surface area is 340 Å². The van der Waals surface area contributed by atoms with Gasteiger partial charge < -0.3 is 28.9 Å².